The maximum absolute atomic E-state index is 13.3. The van der Waals surface area contributed by atoms with Crippen molar-refractivity contribution in [3.05, 3.63) is 35.6 Å². The summed E-state index contributed by atoms with van der Waals surface area (Å²) < 4.78 is 18.8. The van der Waals surface area contributed by atoms with Gasteiger partial charge in [-0.05, 0) is 61.0 Å². The Morgan fingerprint density at radius 2 is 1.96 bits per heavy atom. The van der Waals surface area contributed by atoms with E-state index in [0.29, 0.717) is 6.04 Å². The quantitative estimate of drug-likeness (QED) is 0.772. The highest BCUT2D eigenvalue weighted by Gasteiger charge is 2.39. The number of hydrogen-bond acceptors (Lipinski definition) is 3. The number of nitrogens with zero attached hydrogens (tertiary/aromatic N) is 1. The second kappa shape index (κ2) is 8.19. The van der Waals surface area contributed by atoms with E-state index in [2.05, 4.69) is 15.5 Å². The average Bonchev–Trinajstić information content (AvgIpc) is 3.27. The van der Waals surface area contributed by atoms with Gasteiger partial charge in [0, 0.05) is 25.7 Å². The topological polar surface area (TPSA) is 36.5 Å². The molecule has 0 radical (unpaired) electrons. The van der Waals surface area contributed by atoms with Crippen LogP contribution in [0.1, 0.15) is 37.3 Å². The Morgan fingerprint density at radius 1 is 1.19 bits per heavy atom. The molecule has 2 saturated carbocycles. The largest absolute Gasteiger partial charge is 0.379 e. The van der Waals surface area contributed by atoms with Crippen LogP contribution in [-0.2, 0) is 4.74 Å². The van der Waals surface area contributed by atoms with Crippen LogP contribution in [0.4, 0.5) is 4.39 Å². The predicted molar refractivity (Wildman–Crippen MR) is 105 cm³/mol. The number of fused-ring (bicyclic) bond motifs is 2. The first-order valence-electron chi connectivity index (χ1n) is 9.80. The van der Waals surface area contributed by atoms with E-state index in [4.69, 9.17) is 17.0 Å². The zero-order valence-corrected chi connectivity index (χ0v) is 15.9. The number of rotatable bonds is 5. The first-order valence-corrected chi connectivity index (χ1v) is 10.2. The van der Waals surface area contributed by atoms with Gasteiger partial charge in [-0.25, -0.2) is 4.39 Å². The summed E-state index contributed by atoms with van der Waals surface area (Å²) in [6.07, 6.45) is 5.37. The minimum Gasteiger partial charge on any atom is -0.379 e. The van der Waals surface area contributed by atoms with E-state index in [1.54, 1.807) is 0 Å². The Labute approximate surface area is 160 Å². The molecule has 4 atom stereocenters. The van der Waals surface area contributed by atoms with Gasteiger partial charge in [-0.15, -0.1) is 0 Å². The number of ether oxygens (including phenoxy) is 1. The van der Waals surface area contributed by atoms with Gasteiger partial charge >= 0.3 is 0 Å². The van der Waals surface area contributed by atoms with Crippen molar-refractivity contribution >= 4 is 17.3 Å². The molecule has 3 aliphatic rings. The number of morpholine rings is 1. The highest BCUT2D eigenvalue weighted by molar-refractivity contribution is 7.80. The molecule has 1 heterocycles. The molecule has 142 valence electrons. The van der Waals surface area contributed by atoms with Gasteiger partial charge in [-0.2, -0.15) is 0 Å². The molecule has 0 aromatic heterocycles. The molecule has 1 aromatic rings. The standard InChI is InChI=1S/C20H28FN3OS/c21-17-5-3-15(4-6-17)19(24-7-9-25-10-8-24)13-22-20(26)23-18-12-14-1-2-16(18)11-14/h3-6,14,16,18-19H,1-2,7-13H2,(H2,22,23,26)/t14-,16-,18+,19+/m1/s1. The zero-order valence-electron chi connectivity index (χ0n) is 15.1. The van der Waals surface area contributed by atoms with Crippen LogP contribution in [0, 0.1) is 17.7 Å². The molecule has 2 bridgehead atoms. The van der Waals surface area contributed by atoms with E-state index >= 15 is 0 Å². The van der Waals surface area contributed by atoms with E-state index < -0.39 is 0 Å². The number of halogens is 1. The molecule has 1 aliphatic heterocycles. The summed E-state index contributed by atoms with van der Waals surface area (Å²) in [6.45, 7) is 3.97. The van der Waals surface area contributed by atoms with E-state index in [0.717, 1.165) is 55.4 Å². The Hall–Kier alpha value is -1.24. The van der Waals surface area contributed by atoms with Gasteiger partial charge in [0.25, 0.3) is 0 Å². The summed E-state index contributed by atoms with van der Waals surface area (Å²) in [4.78, 5) is 2.39. The molecule has 6 heteroatoms. The van der Waals surface area contributed by atoms with Crippen LogP contribution in [0.5, 0.6) is 0 Å². The van der Waals surface area contributed by atoms with Crippen molar-refractivity contribution in [2.75, 3.05) is 32.8 Å². The van der Waals surface area contributed by atoms with Crippen molar-refractivity contribution < 1.29 is 9.13 Å². The lowest BCUT2D eigenvalue weighted by molar-refractivity contribution is 0.0170. The van der Waals surface area contributed by atoms with Crippen molar-refractivity contribution in [2.24, 2.45) is 11.8 Å². The van der Waals surface area contributed by atoms with Gasteiger partial charge < -0.3 is 15.4 Å². The maximum Gasteiger partial charge on any atom is 0.166 e. The predicted octanol–water partition coefficient (Wildman–Crippen LogP) is 2.85. The van der Waals surface area contributed by atoms with Crippen molar-refractivity contribution in [2.45, 2.75) is 37.8 Å². The number of nitrogens with one attached hydrogen (secondary N) is 2. The number of thiocarbonyl (C=S) groups is 1. The van der Waals surface area contributed by atoms with Gasteiger partial charge in [0.15, 0.2) is 5.11 Å². The number of benzene rings is 1. The van der Waals surface area contributed by atoms with Crippen molar-refractivity contribution in [3.8, 4) is 0 Å². The highest BCUT2D eigenvalue weighted by atomic mass is 32.1. The summed E-state index contributed by atoms with van der Waals surface area (Å²) in [5.41, 5.74) is 1.11. The Balaban J connectivity index is 1.36. The maximum atomic E-state index is 13.3. The normalized spacial score (nSPS) is 29.5. The molecule has 26 heavy (non-hydrogen) atoms. The molecule has 4 nitrogen and oxygen atoms in total. The summed E-state index contributed by atoms with van der Waals surface area (Å²) >= 11 is 5.57. The smallest absolute Gasteiger partial charge is 0.166 e. The van der Waals surface area contributed by atoms with Gasteiger partial charge in [0.2, 0.25) is 0 Å². The van der Waals surface area contributed by atoms with Crippen LogP contribution in [0.15, 0.2) is 24.3 Å². The van der Waals surface area contributed by atoms with Gasteiger partial charge in [0.05, 0.1) is 19.3 Å². The van der Waals surface area contributed by atoms with E-state index in [9.17, 15) is 4.39 Å². The monoisotopic (exact) mass is 377 g/mol. The molecular formula is C20H28FN3OS. The first-order chi connectivity index (χ1) is 12.7. The molecule has 4 rings (SSSR count). The van der Waals surface area contributed by atoms with Gasteiger partial charge in [-0.3, -0.25) is 4.90 Å². The minimum absolute atomic E-state index is 0.166. The van der Waals surface area contributed by atoms with Crippen LogP contribution in [-0.4, -0.2) is 48.9 Å². The molecule has 2 aliphatic carbocycles. The van der Waals surface area contributed by atoms with E-state index in [-0.39, 0.29) is 11.9 Å². The van der Waals surface area contributed by atoms with Gasteiger partial charge in [0.1, 0.15) is 5.82 Å². The SMILES string of the molecule is Fc1ccc([C@H](CNC(=S)N[C@H]2C[C@@H]3CC[C@@H]2C3)N2CCOCC2)cc1. The lowest BCUT2D eigenvalue weighted by Gasteiger charge is -2.35. The van der Waals surface area contributed by atoms with Crippen molar-refractivity contribution in [1.82, 2.24) is 15.5 Å². The molecule has 1 saturated heterocycles. The average molecular weight is 378 g/mol. The van der Waals surface area contributed by atoms with Crippen molar-refractivity contribution in [3.63, 3.8) is 0 Å². The second-order valence-electron chi connectivity index (χ2n) is 7.85. The molecule has 1 aromatic carbocycles. The zero-order chi connectivity index (χ0) is 17.9. The first kappa shape index (κ1) is 18.1. The molecule has 0 amide bonds. The molecule has 3 fully saturated rings. The van der Waals surface area contributed by atoms with Crippen LogP contribution >= 0.6 is 12.2 Å². The number of hydrogen-bond donors (Lipinski definition) is 2. The summed E-state index contributed by atoms with van der Waals surface area (Å²) in [5, 5.41) is 7.72. The van der Waals surface area contributed by atoms with Crippen LogP contribution in [0.3, 0.4) is 0 Å². The molecule has 0 spiro atoms. The Bertz CT molecular complexity index is 620. The van der Waals surface area contributed by atoms with E-state index in [1.807, 2.05) is 12.1 Å². The minimum atomic E-state index is -0.198. The van der Waals surface area contributed by atoms with E-state index in [1.165, 1.54) is 37.8 Å². The lowest BCUT2D eigenvalue weighted by Crippen LogP contribution is -2.48. The second-order valence-corrected chi connectivity index (χ2v) is 8.26. The fourth-order valence-electron chi connectivity index (χ4n) is 4.86. The lowest BCUT2D eigenvalue weighted by atomic mass is 9.95. The van der Waals surface area contributed by atoms with Crippen LogP contribution < -0.4 is 10.6 Å². The Kier molecular flexibility index (Phi) is 5.72. The van der Waals surface area contributed by atoms with Crippen molar-refractivity contribution in [1.29, 1.82) is 0 Å². The summed E-state index contributed by atoms with van der Waals surface area (Å²) in [6, 6.07) is 7.54. The Morgan fingerprint density at radius 3 is 2.62 bits per heavy atom. The van der Waals surface area contributed by atoms with Crippen LogP contribution in [0.25, 0.3) is 0 Å². The third kappa shape index (κ3) is 4.18. The summed E-state index contributed by atoms with van der Waals surface area (Å²) in [7, 11) is 0. The van der Waals surface area contributed by atoms with Crippen LogP contribution in [0.2, 0.25) is 0 Å². The fraction of sp³-hybridized carbons (Fsp3) is 0.650. The summed E-state index contributed by atoms with van der Waals surface area (Å²) in [5.74, 6) is 1.50. The molecular weight excluding hydrogens is 349 g/mol. The third-order valence-corrected chi connectivity index (χ3v) is 6.51. The highest BCUT2D eigenvalue weighted by Crippen LogP contribution is 2.44. The third-order valence-electron chi connectivity index (χ3n) is 6.25. The molecule has 2 N–H and O–H groups in total. The van der Waals surface area contributed by atoms with Gasteiger partial charge in [-0.1, -0.05) is 18.6 Å². The molecule has 0 unspecified atom stereocenters. The fourth-order valence-corrected chi connectivity index (χ4v) is 5.10.